The van der Waals surface area contributed by atoms with Crippen LogP contribution in [-0.2, 0) is 11.0 Å². The molecule has 1 aromatic carbocycles. The summed E-state index contributed by atoms with van der Waals surface area (Å²) >= 11 is 2.87. The number of carbonyl (C=O) groups is 1. The Kier molecular flexibility index (Phi) is 5.86. The highest BCUT2D eigenvalue weighted by molar-refractivity contribution is 9.10. The molecule has 1 amide bonds. The van der Waals surface area contributed by atoms with Gasteiger partial charge in [-0.05, 0) is 32.0 Å². The predicted octanol–water partition coefficient (Wildman–Crippen LogP) is 3.79. The van der Waals surface area contributed by atoms with E-state index in [0.29, 0.717) is 5.69 Å². The summed E-state index contributed by atoms with van der Waals surface area (Å²) in [5.41, 5.74) is -0.410. The first-order chi connectivity index (χ1) is 9.20. The van der Waals surface area contributed by atoms with E-state index in [9.17, 15) is 18.0 Å². The molecule has 0 aliphatic carbocycles. The molecular formula is C13H16BrF3N2O. The molecule has 1 rings (SSSR count). The maximum absolute atomic E-state index is 12.7. The summed E-state index contributed by atoms with van der Waals surface area (Å²) in [5.74, 6) is -0.138. The number of rotatable bonds is 5. The molecule has 1 aromatic rings. The van der Waals surface area contributed by atoms with Crippen molar-refractivity contribution in [1.29, 1.82) is 0 Å². The monoisotopic (exact) mass is 352 g/mol. The SMILES string of the molecule is CC(C)NC(=O)CCNc1ccc(Br)c(C(F)(F)F)c1. The first-order valence-electron chi connectivity index (χ1n) is 6.10. The van der Waals surface area contributed by atoms with Crippen LogP contribution in [0.1, 0.15) is 25.8 Å². The molecule has 0 bridgehead atoms. The summed E-state index contributed by atoms with van der Waals surface area (Å²) in [6, 6.07) is 3.93. The molecule has 0 spiro atoms. The van der Waals surface area contributed by atoms with Gasteiger partial charge in [-0.15, -0.1) is 0 Å². The van der Waals surface area contributed by atoms with Gasteiger partial charge in [0.2, 0.25) is 5.91 Å². The fourth-order valence-electron chi connectivity index (χ4n) is 1.57. The molecular weight excluding hydrogens is 337 g/mol. The number of amides is 1. The van der Waals surface area contributed by atoms with E-state index in [4.69, 9.17) is 0 Å². The van der Waals surface area contributed by atoms with Crippen molar-refractivity contribution in [2.45, 2.75) is 32.5 Å². The average molecular weight is 353 g/mol. The minimum Gasteiger partial charge on any atom is -0.385 e. The normalized spacial score (nSPS) is 11.6. The van der Waals surface area contributed by atoms with Crippen molar-refractivity contribution in [3.63, 3.8) is 0 Å². The molecule has 7 heteroatoms. The van der Waals surface area contributed by atoms with Gasteiger partial charge < -0.3 is 10.6 Å². The van der Waals surface area contributed by atoms with E-state index >= 15 is 0 Å². The fourth-order valence-corrected chi connectivity index (χ4v) is 2.04. The summed E-state index contributed by atoms with van der Waals surface area (Å²) in [6.07, 6.45) is -4.21. The van der Waals surface area contributed by atoms with Gasteiger partial charge >= 0.3 is 6.18 Å². The third-order valence-electron chi connectivity index (χ3n) is 2.40. The summed E-state index contributed by atoms with van der Waals surface area (Å²) in [5, 5.41) is 5.51. The van der Waals surface area contributed by atoms with Crippen LogP contribution in [0.3, 0.4) is 0 Å². The van der Waals surface area contributed by atoms with E-state index in [-0.39, 0.29) is 29.4 Å². The third-order valence-corrected chi connectivity index (χ3v) is 3.09. The molecule has 2 N–H and O–H groups in total. The molecule has 0 saturated heterocycles. The van der Waals surface area contributed by atoms with Crippen LogP contribution in [0.2, 0.25) is 0 Å². The van der Waals surface area contributed by atoms with Gasteiger partial charge in [0.25, 0.3) is 0 Å². The van der Waals surface area contributed by atoms with Crippen LogP contribution in [0, 0.1) is 0 Å². The Bertz CT molecular complexity index is 475. The molecule has 20 heavy (non-hydrogen) atoms. The summed E-state index contributed by atoms with van der Waals surface area (Å²) in [6.45, 7) is 3.96. The smallest absolute Gasteiger partial charge is 0.385 e. The molecule has 0 saturated carbocycles. The van der Waals surface area contributed by atoms with E-state index in [2.05, 4.69) is 26.6 Å². The average Bonchev–Trinajstić information content (AvgIpc) is 2.28. The Labute approximate surface area is 124 Å². The first-order valence-corrected chi connectivity index (χ1v) is 6.89. The standard InChI is InChI=1S/C13H16BrF3N2O/c1-8(2)19-12(20)5-6-18-9-3-4-11(14)10(7-9)13(15,16)17/h3-4,7-8,18H,5-6H2,1-2H3,(H,19,20). The zero-order valence-electron chi connectivity index (χ0n) is 11.1. The quantitative estimate of drug-likeness (QED) is 0.846. The van der Waals surface area contributed by atoms with Gasteiger partial charge in [0.05, 0.1) is 5.56 Å². The highest BCUT2D eigenvalue weighted by Gasteiger charge is 2.33. The lowest BCUT2D eigenvalue weighted by molar-refractivity contribution is -0.138. The van der Waals surface area contributed by atoms with Gasteiger partial charge in [-0.25, -0.2) is 0 Å². The fraction of sp³-hybridized carbons (Fsp3) is 0.462. The Morgan fingerprint density at radius 1 is 1.35 bits per heavy atom. The molecule has 0 heterocycles. The maximum atomic E-state index is 12.7. The van der Waals surface area contributed by atoms with Crippen LogP contribution >= 0.6 is 15.9 Å². The minimum absolute atomic E-state index is 0.00639. The van der Waals surface area contributed by atoms with Crippen molar-refractivity contribution < 1.29 is 18.0 Å². The second-order valence-corrected chi connectivity index (χ2v) is 5.45. The molecule has 0 aliphatic rings. The molecule has 0 radical (unpaired) electrons. The van der Waals surface area contributed by atoms with Crippen LogP contribution in [0.25, 0.3) is 0 Å². The lowest BCUT2D eigenvalue weighted by atomic mass is 10.2. The predicted molar refractivity (Wildman–Crippen MR) is 75.5 cm³/mol. The molecule has 0 aromatic heterocycles. The number of nitrogens with one attached hydrogen (secondary N) is 2. The van der Waals surface area contributed by atoms with Gasteiger partial charge in [-0.1, -0.05) is 15.9 Å². The minimum atomic E-state index is -4.41. The van der Waals surface area contributed by atoms with E-state index in [1.807, 2.05) is 13.8 Å². The molecule has 112 valence electrons. The van der Waals surface area contributed by atoms with Crippen LogP contribution in [0.5, 0.6) is 0 Å². The first kappa shape index (κ1) is 16.8. The third kappa shape index (κ3) is 5.40. The van der Waals surface area contributed by atoms with Gasteiger partial charge in [0.15, 0.2) is 0 Å². The van der Waals surface area contributed by atoms with Crippen molar-refractivity contribution in [2.75, 3.05) is 11.9 Å². The van der Waals surface area contributed by atoms with Crippen LogP contribution < -0.4 is 10.6 Å². The van der Waals surface area contributed by atoms with Gasteiger partial charge in [0.1, 0.15) is 0 Å². The van der Waals surface area contributed by atoms with Crippen molar-refractivity contribution in [2.24, 2.45) is 0 Å². The molecule has 0 aliphatic heterocycles. The lowest BCUT2D eigenvalue weighted by Crippen LogP contribution is -2.31. The number of carbonyl (C=O) groups excluding carboxylic acids is 1. The lowest BCUT2D eigenvalue weighted by Gasteiger charge is -2.13. The van der Waals surface area contributed by atoms with Crippen LogP contribution in [0.15, 0.2) is 22.7 Å². The van der Waals surface area contributed by atoms with Gasteiger partial charge in [-0.2, -0.15) is 13.2 Å². The zero-order chi connectivity index (χ0) is 15.3. The number of hydrogen-bond acceptors (Lipinski definition) is 2. The molecule has 3 nitrogen and oxygen atoms in total. The summed E-state index contributed by atoms with van der Waals surface area (Å²) < 4.78 is 38.1. The second-order valence-electron chi connectivity index (χ2n) is 4.59. The Morgan fingerprint density at radius 2 is 2.00 bits per heavy atom. The maximum Gasteiger partial charge on any atom is 0.417 e. The Morgan fingerprint density at radius 3 is 2.55 bits per heavy atom. The van der Waals surface area contributed by atoms with Crippen molar-refractivity contribution >= 4 is 27.5 Å². The molecule has 0 atom stereocenters. The largest absolute Gasteiger partial charge is 0.417 e. The van der Waals surface area contributed by atoms with E-state index in [1.54, 1.807) is 0 Å². The molecule has 0 unspecified atom stereocenters. The number of benzene rings is 1. The summed E-state index contributed by atoms with van der Waals surface area (Å²) in [7, 11) is 0. The highest BCUT2D eigenvalue weighted by atomic mass is 79.9. The number of alkyl halides is 3. The highest BCUT2D eigenvalue weighted by Crippen LogP contribution is 2.36. The molecule has 0 fully saturated rings. The van der Waals surface area contributed by atoms with E-state index in [0.717, 1.165) is 6.07 Å². The Balaban J connectivity index is 2.59. The van der Waals surface area contributed by atoms with Crippen molar-refractivity contribution in [3.8, 4) is 0 Å². The van der Waals surface area contributed by atoms with Crippen molar-refractivity contribution in [3.05, 3.63) is 28.2 Å². The van der Waals surface area contributed by atoms with Gasteiger partial charge in [0, 0.05) is 29.2 Å². The van der Waals surface area contributed by atoms with E-state index < -0.39 is 11.7 Å². The summed E-state index contributed by atoms with van der Waals surface area (Å²) in [4.78, 5) is 11.4. The topological polar surface area (TPSA) is 41.1 Å². The van der Waals surface area contributed by atoms with Gasteiger partial charge in [-0.3, -0.25) is 4.79 Å². The zero-order valence-corrected chi connectivity index (χ0v) is 12.7. The number of halogens is 4. The van der Waals surface area contributed by atoms with Crippen LogP contribution in [-0.4, -0.2) is 18.5 Å². The van der Waals surface area contributed by atoms with Crippen LogP contribution in [0.4, 0.5) is 18.9 Å². The van der Waals surface area contributed by atoms with Crippen molar-refractivity contribution in [1.82, 2.24) is 5.32 Å². The Hall–Kier alpha value is -1.24. The number of hydrogen-bond donors (Lipinski definition) is 2. The van der Waals surface area contributed by atoms with E-state index in [1.165, 1.54) is 12.1 Å². The second kappa shape index (κ2) is 6.97. The number of anilines is 1.